The number of ether oxygens (including phenoxy) is 1. The number of para-hydroxylation sites is 1. The standard InChI is InChI=1S/C14H21N5O/c1-4-14(2,20-3)13(17-15)12-10-16-18-19(12)11-8-6-5-7-9-11/h5-10,13,17H,4,15H2,1-3H3. The van der Waals surface area contributed by atoms with Crippen LogP contribution in [0.4, 0.5) is 0 Å². The van der Waals surface area contributed by atoms with Gasteiger partial charge in [-0.2, -0.15) is 0 Å². The number of hydrogen-bond donors (Lipinski definition) is 2. The van der Waals surface area contributed by atoms with Crippen LogP contribution >= 0.6 is 0 Å². The first-order valence-electron chi connectivity index (χ1n) is 6.63. The number of methoxy groups -OCH3 is 1. The van der Waals surface area contributed by atoms with Gasteiger partial charge in [-0.3, -0.25) is 5.84 Å². The van der Waals surface area contributed by atoms with Gasteiger partial charge in [-0.05, 0) is 25.5 Å². The molecule has 6 heteroatoms. The quantitative estimate of drug-likeness (QED) is 0.618. The maximum Gasteiger partial charge on any atom is 0.0936 e. The summed E-state index contributed by atoms with van der Waals surface area (Å²) < 4.78 is 7.42. The van der Waals surface area contributed by atoms with Gasteiger partial charge in [-0.15, -0.1) is 5.10 Å². The molecule has 1 aromatic carbocycles. The molecule has 0 aliphatic carbocycles. The molecule has 3 N–H and O–H groups in total. The lowest BCUT2D eigenvalue weighted by molar-refractivity contribution is -0.0317. The Kier molecular flexibility index (Phi) is 4.49. The average molecular weight is 275 g/mol. The Morgan fingerprint density at radius 2 is 2.10 bits per heavy atom. The highest BCUT2D eigenvalue weighted by molar-refractivity contribution is 5.32. The summed E-state index contributed by atoms with van der Waals surface area (Å²) in [5, 5.41) is 8.16. The normalized spacial score (nSPS) is 15.8. The smallest absolute Gasteiger partial charge is 0.0936 e. The molecule has 1 aromatic heterocycles. The summed E-state index contributed by atoms with van der Waals surface area (Å²) >= 11 is 0. The van der Waals surface area contributed by atoms with Crippen molar-refractivity contribution in [2.45, 2.75) is 31.9 Å². The fraction of sp³-hybridized carbons (Fsp3) is 0.429. The van der Waals surface area contributed by atoms with E-state index in [-0.39, 0.29) is 6.04 Å². The van der Waals surface area contributed by atoms with E-state index in [2.05, 4.69) is 22.7 Å². The molecule has 6 nitrogen and oxygen atoms in total. The highest BCUT2D eigenvalue weighted by Crippen LogP contribution is 2.31. The van der Waals surface area contributed by atoms with Crippen LogP contribution in [-0.2, 0) is 4.74 Å². The minimum Gasteiger partial charge on any atom is -0.376 e. The molecule has 0 radical (unpaired) electrons. The van der Waals surface area contributed by atoms with Gasteiger partial charge in [0, 0.05) is 7.11 Å². The molecule has 0 saturated carbocycles. The number of hydrazine groups is 1. The number of aromatic nitrogens is 3. The Bertz CT molecular complexity index is 536. The summed E-state index contributed by atoms with van der Waals surface area (Å²) in [7, 11) is 1.69. The van der Waals surface area contributed by atoms with Crippen molar-refractivity contribution in [2.24, 2.45) is 5.84 Å². The van der Waals surface area contributed by atoms with Gasteiger partial charge in [0.2, 0.25) is 0 Å². The van der Waals surface area contributed by atoms with Gasteiger partial charge in [-0.1, -0.05) is 30.3 Å². The van der Waals surface area contributed by atoms with E-state index in [0.717, 1.165) is 17.8 Å². The largest absolute Gasteiger partial charge is 0.376 e. The predicted molar refractivity (Wildman–Crippen MR) is 77.1 cm³/mol. The van der Waals surface area contributed by atoms with Crippen LogP contribution in [0.5, 0.6) is 0 Å². The van der Waals surface area contributed by atoms with E-state index in [9.17, 15) is 0 Å². The summed E-state index contributed by atoms with van der Waals surface area (Å²) in [6, 6.07) is 9.61. The van der Waals surface area contributed by atoms with E-state index >= 15 is 0 Å². The first-order chi connectivity index (χ1) is 9.66. The molecule has 0 bridgehead atoms. The van der Waals surface area contributed by atoms with Crippen LogP contribution in [0.3, 0.4) is 0 Å². The lowest BCUT2D eigenvalue weighted by atomic mass is 9.91. The SMILES string of the molecule is CCC(C)(OC)C(NN)c1cnnn1-c1ccccc1. The van der Waals surface area contributed by atoms with E-state index in [1.165, 1.54) is 0 Å². The summed E-state index contributed by atoms with van der Waals surface area (Å²) in [5.41, 5.74) is 4.20. The van der Waals surface area contributed by atoms with Crippen molar-refractivity contribution in [3.05, 3.63) is 42.2 Å². The lowest BCUT2D eigenvalue weighted by Crippen LogP contribution is -2.46. The highest BCUT2D eigenvalue weighted by Gasteiger charge is 2.35. The van der Waals surface area contributed by atoms with Crippen molar-refractivity contribution in [1.82, 2.24) is 20.4 Å². The number of hydrogen-bond acceptors (Lipinski definition) is 5. The lowest BCUT2D eigenvalue weighted by Gasteiger charge is -2.35. The van der Waals surface area contributed by atoms with E-state index in [1.807, 2.05) is 37.3 Å². The van der Waals surface area contributed by atoms with E-state index in [4.69, 9.17) is 10.6 Å². The number of nitrogens with two attached hydrogens (primary N) is 1. The zero-order chi connectivity index (χ0) is 14.6. The van der Waals surface area contributed by atoms with Crippen molar-refractivity contribution in [2.75, 3.05) is 7.11 Å². The zero-order valence-electron chi connectivity index (χ0n) is 12.1. The van der Waals surface area contributed by atoms with E-state index in [1.54, 1.807) is 18.0 Å². The molecule has 2 unspecified atom stereocenters. The van der Waals surface area contributed by atoms with Gasteiger partial charge in [0.25, 0.3) is 0 Å². The molecule has 20 heavy (non-hydrogen) atoms. The third-order valence-corrected chi connectivity index (χ3v) is 3.82. The third-order valence-electron chi connectivity index (χ3n) is 3.82. The van der Waals surface area contributed by atoms with Crippen LogP contribution in [0.25, 0.3) is 5.69 Å². The van der Waals surface area contributed by atoms with Crippen LogP contribution in [0.2, 0.25) is 0 Å². The van der Waals surface area contributed by atoms with Crippen molar-refractivity contribution >= 4 is 0 Å². The van der Waals surface area contributed by atoms with Gasteiger partial charge in [-0.25, -0.2) is 10.1 Å². The third kappa shape index (κ3) is 2.58. The van der Waals surface area contributed by atoms with Gasteiger partial charge >= 0.3 is 0 Å². The second-order valence-electron chi connectivity index (χ2n) is 4.88. The summed E-state index contributed by atoms with van der Waals surface area (Å²) in [4.78, 5) is 0. The van der Waals surface area contributed by atoms with Crippen LogP contribution in [0.15, 0.2) is 36.5 Å². The predicted octanol–water partition coefficient (Wildman–Crippen LogP) is 1.59. The number of rotatable bonds is 6. The Balaban J connectivity index is 2.45. The van der Waals surface area contributed by atoms with Gasteiger partial charge < -0.3 is 4.74 Å². The Labute approximate surface area is 118 Å². The first-order valence-corrected chi connectivity index (χ1v) is 6.63. The molecule has 2 rings (SSSR count). The molecule has 0 amide bonds. The van der Waals surface area contributed by atoms with Crippen molar-refractivity contribution in [3.8, 4) is 5.69 Å². The Hall–Kier alpha value is -1.76. The molecule has 0 saturated heterocycles. The Morgan fingerprint density at radius 1 is 1.40 bits per heavy atom. The average Bonchev–Trinajstić information content (AvgIpc) is 2.97. The maximum absolute atomic E-state index is 5.75. The molecule has 2 atom stereocenters. The fourth-order valence-electron chi connectivity index (χ4n) is 2.25. The minimum atomic E-state index is -0.441. The fourth-order valence-corrected chi connectivity index (χ4v) is 2.25. The Morgan fingerprint density at radius 3 is 2.65 bits per heavy atom. The monoisotopic (exact) mass is 275 g/mol. The number of benzene rings is 1. The summed E-state index contributed by atoms with van der Waals surface area (Å²) in [5.74, 6) is 5.75. The van der Waals surface area contributed by atoms with Crippen LogP contribution < -0.4 is 11.3 Å². The minimum absolute atomic E-state index is 0.215. The van der Waals surface area contributed by atoms with Gasteiger partial charge in [0.15, 0.2) is 0 Å². The molecular weight excluding hydrogens is 254 g/mol. The maximum atomic E-state index is 5.75. The molecule has 1 heterocycles. The number of nitrogens with one attached hydrogen (secondary N) is 1. The van der Waals surface area contributed by atoms with Crippen molar-refractivity contribution in [3.63, 3.8) is 0 Å². The topological polar surface area (TPSA) is 78.0 Å². The molecule has 108 valence electrons. The van der Waals surface area contributed by atoms with E-state index in [0.29, 0.717) is 0 Å². The zero-order valence-corrected chi connectivity index (χ0v) is 12.1. The molecule has 0 spiro atoms. The van der Waals surface area contributed by atoms with Gasteiger partial charge in [0.05, 0.1) is 29.2 Å². The van der Waals surface area contributed by atoms with Crippen LogP contribution in [-0.4, -0.2) is 27.7 Å². The molecule has 0 aliphatic rings. The molecular formula is C14H21N5O. The second-order valence-corrected chi connectivity index (χ2v) is 4.88. The first kappa shape index (κ1) is 14.6. The molecule has 2 aromatic rings. The van der Waals surface area contributed by atoms with Crippen molar-refractivity contribution in [1.29, 1.82) is 0 Å². The van der Waals surface area contributed by atoms with Crippen molar-refractivity contribution < 1.29 is 4.74 Å². The van der Waals surface area contributed by atoms with Crippen LogP contribution in [0, 0.1) is 0 Å². The second kappa shape index (κ2) is 6.13. The number of nitrogens with zero attached hydrogens (tertiary/aromatic N) is 3. The summed E-state index contributed by atoms with van der Waals surface area (Å²) in [6.07, 6.45) is 2.52. The molecule has 0 aliphatic heterocycles. The van der Waals surface area contributed by atoms with E-state index < -0.39 is 5.60 Å². The highest BCUT2D eigenvalue weighted by atomic mass is 16.5. The summed E-state index contributed by atoms with van der Waals surface area (Å²) in [6.45, 7) is 4.07. The molecule has 0 fully saturated rings. The van der Waals surface area contributed by atoms with Gasteiger partial charge in [0.1, 0.15) is 0 Å². The van der Waals surface area contributed by atoms with Crippen LogP contribution in [0.1, 0.15) is 32.0 Å².